The van der Waals surface area contributed by atoms with Crippen molar-refractivity contribution in [2.45, 2.75) is 0 Å². The van der Waals surface area contributed by atoms with E-state index >= 15 is 0 Å². The number of hydrogen-bond acceptors (Lipinski definition) is 4. The first kappa shape index (κ1) is 14.1. The lowest BCUT2D eigenvalue weighted by Gasteiger charge is -2.09. The first-order valence-corrected chi connectivity index (χ1v) is 6.17. The van der Waals surface area contributed by atoms with E-state index in [4.69, 9.17) is 21.1 Å². The molecule has 0 saturated carbocycles. The van der Waals surface area contributed by atoms with Gasteiger partial charge in [-0.3, -0.25) is 4.79 Å². The van der Waals surface area contributed by atoms with Crippen LogP contribution in [-0.4, -0.2) is 25.1 Å². The second-order valence-corrected chi connectivity index (χ2v) is 4.30. The number of methoxy groups -OCH3 is 2. The van der Waals surface area contributed by atoms with E-state index in [1.54, 1.807) is 36.5 Å². The van der Waals surface area contributed by atoms with Crippen LogP contribution >= 0.6 is 11.6 Å². The normalized spacial score (nSPS) is 9.95. The Labute approximate surface area is 121 Å². The molecule has 1 heterocycles. The maximum Gasteiger partial charge on any atom is 0.257 e. The highest BCUT2D eigenvalue weighted by molar-refractivity contribution is 6.33. The van der Waals surface area contributed by atoms with Crippen LogP contribution in [0.5, 0.6) is 11.5 Å². The van der Waals surface area contributed by atoms with Crippen LogP contribution in [0.25, 0.3) is 0 Å². The highest BCUT2D eigenvalue weighted by atomic mass is 35.5. The highest BCUT2D eigenvalue weighted by Crippen LogP contribution is 2.24. The Balaban J connectivity index is 2.27. The fraction of sp³-hybridized carbons (Fsp3) is 0.143. The van der Waals surface area contributed by atoms with Gasteiger partial charge < -0.3 is 14.8 Å². The molecule has 0 unspecified atom stereocenters. The maximum atomic E-state index is 12.2. The number of aromatic nitrogens is 1. The summed E-state index contributed by atoms with van der Waals surface area (Å²) in [6, 6.07) is 8.23. The Morgan fingerprint density at radius 1 is 1.20 bits per heavy atom. The second-order valence-electron chi connectivity index (χ2n) is 3.89. The minimum Gasteiger partial charge on any atom is -0.497 e. The fourth-order valence-electron chi connectivity index (χ4n) is 1.60. The Kier molecular flexibility index (Phi) is 4.42. The molecule has 0 spiro atoms. The number of carbonyl (C=O) groups is 1. The largest absolute Gasteiger partial charge is 0.497 e. The number of amides is 1. The number of pyridine rings is 1. The van der Waals surface area contributed by atoms with Gasteiger partial charge in [0.05, 0.1) is 19.2 Å². The van der Waals surface area contributed by atoms with Crippen LogP contribution in [0, 0.1) is 0 Å². The van der Waals surface area contributed by atoms with Crippen molar-refractivity contribution in [3.63, 3.8) is 0 Å². The van der Waals surface area contributed by atoms with Crippen LogP contribution < -0.4 is 14.8 Å². The van der Waals surface area contributed by atoms with Crippen LogP contribution in [0.2, 0.25) is 5.02 Å². The highest BCUT2D eigenvalue weighted by Gasteiger charge is 2.12. The van der Waals surface area contributed by atoms with Crippen molar-refractivity contribution in [2.75, 3.05) is 19.5 Å². The lowest BCUT2D eigenvalue weighted by atomic mass is 10.2. The minimum atomic E-state index is -0.345. The first-order chi connectivity index (χ1) is 9.63. The SMILES string of the molecule is COc1cc(OC)cc(C(=O)Nc2ncccc2Cl)c1. The van der Waals surface area contributed by atoms with E-state index in [-0.39, 0.29) is 5.91 Å². The zero-order chi connectivity index (χ0) is 14.5. The van der Waals surface area contributed by atoms with Crippen molar-refractivity contribution >= 4 is 23.3 Å². The average molecular weight is 293 g/mol. The van der Waals surface area contributed by atoms with Crippen LogP contribution in [0.3, 0.4) is 0 Å². The van der Waals surface area contributed by atoms with Gasteiger partial charge >= 0.3 is 0 Å². The molecule has 6 heteroatoms. The summed E-state index contributed by atoms with van der Waals surface area (Å²) >= 11 is 5.95. The number of halogens is 1. The molecular formula is C14H13ClN2O3. The molecule has 1 N–H and O–H groups in total. The van der Waals surface area contributed by atoms with Crippen LogP contribution in [0.4, 0.5) is 5.82 Å². The Morgan fingerprint density at radius 3 is 2.40 bits per heavy atom. The smallest absolute Gasteiger partial charge is 0.257 e. The lowest BCUT2D eigenvalue weighted by molar-refractivity contribution is 0.102. The number of nitrogens with one attached hydrogen (secondary N) is 1. The van der Waals surface area contributed by atoms with Gasteiger partial charge in [-0.2, -0.15) is 0 Å². The van der Waals surface area contributed by atoms with Crippen molar-refractivity contribution in [2.24, 2.45) is 0 Å². The Morgan fingerprint density at radius 2 is 1.85 bits per heavy atom. The summed E-state index contributed by atoms with van der Waals surface area (Å²) in [7, 11) is 3.04. The van der Waals surface area contributed by atoms with Gasteiger partial charge in [0, 0.05) is 17.8 Å². The van der Waals surface area contributed by atoms with Gasteiger partial charge in [-0.25, -0.2) is 4.98 Å². The first-order valence-electron chi connectivity index (χ1n) is 5.79. The molecule has 1 amide bonds. The summed E-state index contributed by atoms with van der Waals surface area (Å²) in [4.78, 5) is 16.2. The summed E-state index contributed by atoms with van der Waals surface area (Å²) in [6.07, 6.45) is 1.55. The number of carbonyl (C=O) groups excluding carboxylic acids is 1. The molecule has 0 saturated heterocycles. The minimum absolute atomic E-state index is 0.306. The van der Waals surface area contributed by atoms with E-state index in [1.165, 1.54) is 14.2 Å². The zero-order valence-corrected chi connectivity index (χ0v) is 11.8. The number of nitrogens with zero attached hydrogens (tertiary/aromatic N) is 1. The molecule has 0 aliphatic rings. The van der Waals surface area contributed by atoms with E-state index in [0.29, 0.717) is 27.9 Å². The molecule has 5 nitrogen and oxygen atoms in total. The molecule has 1 aromatic heterocycles. The van der Waals surface area contributed by atoms with E-state index in [9.17, 15) is 4.79 Å². The van der Waals surface area contributed by atoms with Crippen molar-refractivity contribution in [3.05, 3.63) is 47.1 Å². The molecule has 2 aromatic rings. The predicted molar refractivity (Wildman–Crippen MR) is 76.7 cm³/mol. The average Bonchev–Trinajstić information content (AvgIpc) is 2.48. The molecule has 0 aliphatic carbocycles. The van der Waals surface area contributed by atoms with Crippen molar-refractivity contribution in [3.8, 4) is 11.5 Å². The third kappa shape index (κ3) is 3.19. The summed E-state index contributed by atoms with van der Waals surface area (Å²) in [5.41, 5.74) is 0.392. The second kappa shape index (κ2) is 6.25. The number of rotatable bonds is 4. The van der Waals surface area contributed by atoms with Crippen molar-refractivity contribution < 1.29 is 14.3 Å². The number of anilines is 1. The topological polar surface area (TPSA) is 60.5 Å². The molecule has 20 heavy (non-hydrogen) atoms. The summed E-state index contributed by atoms with van der Waals surface area (Å²) in [5.74, 6) is 1.02. The summed E-state index contributed by atoms with van der Waals surface area (Å²) < 4.78 is 10.2. The van der Waals surface area contributed by atoms with Crippen molar-refractivity contribution in [1.82, 2.24) is 4.98 Å². The number of hydrogen-bond donors (Lipinski definition) is 1. The van der Waals surface area contributed by atoms with E-state index in [0.717, 1.165) is 0 Å². The standard InChI is InChI=1S/C14H13ClN2O3/c1-19-10-6-9(7-11(8-10)20-2)14(18)17-13-12(15)4-3-5-16-13/h3-8H,1-2H3,(H,16,17,18). The molecule has 0 bridgehead atoms. The quantitative estimate of drug-likeness (QED) is 0.941. The monoisotopic (exact) mass is 292 g/mol. The van der Waals surface area contributed by atoms with Gasteiger partial charge in [-0.1, -0.05) is 11.6 Å². The molecule has 1 aromatic carbocycles. The Hall–Kier alpha value is -2.27. The molecule has 0 atom stereocenters. The Bertz CT molecular complexity index is 609. The van der Waals surface area contributed by atoms with Gasteiger partial charge in [0.15, 0.2) is 5.82 Å². The number of benzene rings is 1. The molecule has 0 radical (unpaired) electrons. The molecule has 2 rings (SSSR count). The third-order valence-corrected chi connectivity index (χ3v) is 2.91. The molecular weight excluding hydrogens is 280 g/mol. The van der Waals surface area contributed by atoms with Gasteiger partial charge in [-0.05, 0) is 24.3 Å². The lowest BCUT2D eigenvalue weighted by Crippen LogP contribution is -2.13. The molecule has 0 fully saturated rings. The zero-order valence-electron chi connectivity index (χ0n) is 11.0. The van der Waals surface area contributed by atoms with Crippen LogP contribution in [-0.2, 0) is 0 Å². The van der Waals surface area contributed by atoms with E-state index < -0.39 is 0 Å². The predicted octanol–water partition coefficient (Wildman–Crippen LogP) is 3.00. The van der Waals surface area contributed by atoms with Crippen molar-refractivity contribution in [1.29, 1.82) is 0 Å². The molecule has 0 aliphatic heterocycles. The number of ether oxygens (including phenoxy) is 2. The van der Waals surface area contributed by atoms with Gasteiger partial charge in [0.1, 0.15) is 11.5 Å². The summed E-state index contributed by atoms with van der Waals surface area (Å²) in [5, 5.41) is 3.01. The van der Waals surface area contributed by atoms with E-state index in [1.807, 2.05) is 0 Å². The van der Waals surface area contributed by atoms with Crippen LogP contribution in [0.15, 0.2) is 36.5 Å². The molecule has 104 valence electrons. The van der Waals surface area contributed by atoms with Gasteiger partial charge in [0.25, 0.3) is 5.91 Å². The maximum absolute atomic E-state index is 12.2. The third-order valence-electron chi connectivity index (χ3n) is 2.60. The fourth-order valence-corrected chi connectivity index (χ4v) is 1.76. The van der Waals surface area contributed by atoms with Gasteiger partial charge in [0.2, 0.25) is 0 Å². The summed E-state index contributed by atoms with van der Waals surface area (Å²) in [6.45, 7) is 0. The van der Waals surface area contributed by atoms with Gasteiger partial charge in [-0.15, -0.1) is 0 Å². The van der Waals surface area contributed by atoms with E-state index in [2.05, 4.69) is 10.3 Å². The van der Waals surface area contributed by atoms with Crippen LogP contribution in [0.1, 0.15) is 10.4 Å².